The van der Waals surface area contributed by atoms with Gasteiger partial charge < -0.3 is 34.9 Å². The van der Waals surface area contributed by atoms with Crippen molar-refractivity contribution in [1.82, 2.24) is 24.8 Å². The molecule has 2 aromatic heterocycles. The van der Waals surface area contributed by atoms with Crippen LogP contribution in [0.5, 0.6) is 5.75 Å². The van der Waals surface area contributed by atoms with Crippen LogP contribution in [0.2, 0.25) is 0 Å². The number of aryl methyl sites for hydroxylation is 2. The summed E-state index contributed by atoms with van der Waals surface area (Å²) in [7, 11) is 0. The SMILES string of the molecule is Cc1ccc(OC[C@H](O)CNc2cc[nH]c(=O)c2-c2nc3cc4c(cc3[nH]2)C(=O)N(C2CCN(CCC#N)CC2)C4)c(C)c1. The van der Waals surface area contributed by atoms with Gasteiger partial charge in [-0.2, -0.15) is 5.26 Å². The van der Waals surface area contributed by atoms with E-state index in [2.05, 4.69) is 26.3 Å². The number of aromatic amines is 2. The molecule has 6 rings (SSSR count). The number of nitrogens with zero attached hydrogens (tertiary/aromatic N) is 4. The second-order valence-electron chi connectivity index (χ2n) is 11.7. The van der Waals surface area contributed by atoms with E-state index in [1.165, 1.54) is 0 Å². The Morgan fingerprint density at radius 1 is 1.18 bits per heavy atom. The van der Waals surface area contributed by atoms with Crippen molar-refractivity contribution in [2.45, 2.75) is 51.8 Å². The Balaban J connectivity index is 1.14. The largest absolute Gasteiger partial charge is 0.491 e. The minimum absolute atomic E-state index is 0.0190. The number of pyridine rings is 1. The number of piperidine rings is 1. The van der Waals surface area contributed by atoms with E-state index in [-0.39, 0.29) is 30.7 Å². The van der Waals surface area contributed by atoms with Gasteiger partial charge in [0.2, 0.25) is 0 Å². The van der Waals surface area contributed by atoms with Crippen molar-refractivity contribution in [3.05, 3.63) is 75.2 Å². The van der Waals surface area contributed by atoms with Crippen LogP contribution in [0, 0.1) is 25.2 Å². The van der Waals surface area contributed by atoms with Gasteiger partial charge in [0.05, 0.1) is 22.8 Å². The van der Waals surface area contributed by atoms with E-state index in [1.807, 2.05) is 49.1 Å². The van der Waals surface area contributed by atoms with E-state index >= 15 is 0 Å². The molecule has 0 spiro atoms. The van der Waals surface area contributed by atoms with Crippen LogP contribution in [-0.2, 0) is 6.54 Å². The number of ether oxygens (including phenoxy) is 1. The number of carbonyl (C=O) groups is 1. The number of anilines is 1. The minimum Gasteiger partial charge on any atom is -0.491 e. The number of hydrogen-bond acceptors (Lipinski definition) is 8. The Labute approximate surface area is 255 Å². The van der Waals surface area contributed by atoms with E-state index < -0.39 is 6.10 Å². The van der Waals surface area contributed by atoms with Gasteiger partial charge in [-0.25, -0.2) is 4.98 Å². The number of carbonyl (C=O) groups excluding carboxylic acids is 1. The Morgan fingerprint density at radius 3 is 2.77 bits per heavy atom. The number of amides is 1. The smallest absolute Gasteiger partial charge is 0.261 e. The van der Waals surface area contributed by atoms with E-state index in [0.29, 0.717) is 46.6 Å². The van der Waals surface area contributed by atoms with Gasteiger partial charge >= 0.3 is 0 Å². The predicted molar refractivity (Wildman–Crippen MR) is 168 cm³/mol. The maximum absolute atomic E-state index is 13.4. The summed E-state index contributed by atoms with van der Waals surface area (Å²) in [6.45, 7) is 7.33. The molecule has 4 aromatic rings. The summed E-state index contributed by atoms with van der Waals surface area (Å²) in [6, 6.07) is 13.8. The summed E-state index contributed by atoms with van der Waals surface area (Å²) in [5.41, 5.74) is 5.60. The molecular formula is C33H37N7O4. The number of aliphatic hydroxyl groups excluding tert-OH is 1. The van der Waals surface area contributed by atoms with Gasteiger partial charge in [0.25, 0.3) is 11.5 Å². The topological polar surface area (TPSA) is 150 Å². The van der Waals surface area contributed by atoms with Crippen molar-refractivity contribution in [2.75, 3.05) is 38.1 Å². The normalized spacial score (nSPS) is 16.2. The maximum Gasteiger partial charge on any atom is 0.261 e. The molecule has 0 unspecified atom stereocenters. The fraction of sp³-hybridized carbons (Fsp3) is 0.394. The third kappa shape index (κ3) is 6.04. The number of H-pyrrole nitrogens is 2. The first-order valence-corrected chi connectivity index (χ1v) is 15.1. The average Bonchev–Trinajstić information content (AvgIpc) is 3.57. The molecule has 1 fully saturated rings. The number of nitrogens with one attached hydrogen (secondary N) is 3. The molecule has 11 nitrogen and oxygen atoms in total. The molecule has 1 saturated heterocycles. The molecule has 1 atom stereocenters. The van der Waals surface area contributed by atoms with Crippen LogP contribution < -0.4 is 15.6 Å². The number of hydrogen-bond donors (Lipinski definition) is 4. The van der Waals surface area contributed by atoms with Crippen LogP contribution in [0.1, 0.15) is 46.3 Å². The van der Waals surface area contributed by atoms with Gasteiger partial charge in [-0.05, 0) is 62.1 Å². The highest BCUT2D eigenvalue weighted by Crippen LogP contribution is 2.33. The second-order valence-corrected chi connectivity index (χ2v) is 11.7. The van der Waals surface area contributed by atoms with Crippen LogP contribution in [-0.4, -0.2) is 80.7 Å². The number of nitriles is 1. The van der Waals surface area contributed by atoms with Crippen LogP contribution in [0.15, 0.2) is 47.4 Å². The van der Waals surface area contributed by atoms with Crippen molar-refractivity contribution in [3.63, 3.8) is 0 Å². The Morgan fingerprint density at radius 2 is 2.00 bits per heavy atom. The van der Waals surface area contributed by atoms with Crippen LogP contribution in [0.25, 0.3) is 22.4 Å². The Kier molecular flexibility index (Phi) is 8.37. The van der Waals surface area contributed by atoms with Gasteiger partial charge in [-0.15, -0.1) is 0 Å². The summed E-state index contributed by atoms with van der Waals surface area (Å²) < 4.78 is 5.81. The van der Waals surface area contributed by atoms with Crippen molar-refractivity contribution in [1.29, 1.82) is 5.26 Å². The molecule has 0 saturated carbocycles. The third-order valence-electron chi connectivity index (χ3n) is 8.56. The number of aromatic nitrogens is 3. The zero-order chi connectivity index (χ0) is 30.8. The molecule has 0 aliphatic carbocycles. The zero-order valence-corrected chi connectivity index (χ0v) is 25.0. The molecule has 11 heteroatoms. The van der Waals surface area contributed by atoms with E-state index in [0.717, 1.165) is 54.9 Å². The molecule has 4 heterocycles. The van der Waals surface area contributed by atoms with E-state index in [9.17, 15) is 14.7 Å². The van der Waals surface area contributed by atoms with Gasteiger partial charge in [0, 0.05) is 56.9 Å². The molecule has 4 N–H and O–H groups in total. The monoisotopic (exact) mass is 595 g/mol. The fourth-order valence-electron chi connectivity index (χ4n) is 6.21. The first kappa shape index (κ1) is 29.4. The highest BCUT2D eigenvalue weighted by Gasteiger charge is 2.35. The van der Waals surface area contributed by atoms with Gasteiger partial charge in [-0.1, -0.05) is 17.7 Å². The van der Waals surface area contributed by atoms with Gasteiger partial charge in [-0.3, -0.25) is 9.59 Å². The molecule has 0 bridgehead atoms. The summed E-state index contributed by atoms with van der Waals surface area (Å²) in [5, 5.41) is 22.6. The summed E-state index contributed by atoms with van der Waals surface area (Å²) in [5.74, 6) is 1.12. The van der Waals surface area contributed by atoms with Crippen molar-refractivity contribution >= 4 is 22.6 Å². The molecule has 2 aliphatic heterocycles. The molecule has 2 aromatic carbocycles. The van der Waals surface area contributed by atoms with Gasteiger partial charge in [0.15, 0.2) is 0 Å². The highest BCUT2D eigenvalue weighted by atomic mass is 16.5. The predicted octanol–water partition coefficient (Wildman–Crippen LogP) is 3.72. The fourth-order valence-corrected chi connectivity index (χ4v) is 6.21. The standard InChI is InChI=1S/C33H37N7O4/c1-20-4-5-29(21(2)14-20)44-19-24(41)17-36-26-6-10-35-32(42)30(26)31-37-27-15-22-18-40(33(43)25(22)16-28(27)38-31)23-7-12-39(13-8-23)11-3-9-34/h4-6,10,14-16,23-24,41H,3,7-8,11-13,17-19H2,1-2H3,(H,37,38)(H2,35,36,42)/t24-/m1/s1. The quantitative estimate of drug-likeness (QED) is 0.217. The Bertz CT molecular complexity index is 1780. The number of benzene rings is 2. The first-order valence-electron chi connectivity index (χ1n) is 15.1. The molecular weight excluding hydrogens is 558 g/mol. The minimum atomic E-state index is -0.819. The average molecular weight is 596 g/mol. The summed E-state index contributed by atoms with van der Waals surface area (Å²) >= 11 is 0. The number of aliphatic hydroxyl groups is 1. The lowest BCUT2D eigenvalue weighted by Crippen LogP contribution is -2.45. The second kappa shape index (κ2) is 12.5. The third-order valence-corrected chi connectivity index (χ3v) is 8.56. The number of fused-ring (bicyclic) bond motifs is 2. The number of likely N-dealkylation sites (tertiary alicyclic amines) is 1. The first-order chi connectivity index (χ1) is 21.3. The van der Waals surface area contributed by atoms with Gasteiger partial charge in [0.1, 0.15) is 29.8 Å². The molecule has 0 radical (unpaired) electrons. The van der Waals surface area contributed by atoms with Crippen molar-refractivity contribution in [2.24, 2.45) is 0 Å². The molecule has 2 aliphatic rings. The van der Waals surface area contributed by atoms with Crippen LogP contribution in [0.4, 0.5) is 5.69 Å². The maximum atomic E-state index is 13.4. The van der Waals surface area contributed by atoms with Crippen LogP contribution >= 0.6 is 0 Å². The molecule has 44 heavy (non-hydrogen) atoms. The Hall–Kier alpha value is -4.66. The molecule has 228 valence electrons. The summed E-state index contributed by atoms with van der Waals surface area (Å²) in [6.07, 6.45) is 3.04. The molecule has 1 amide bonds. The van der Waals surface area contributed by atoms with E-state index in [1.54, 1.807) is 12.3 Å². The highest BCUT2D eigenvalue weighted by molar-refractivity contribution is 6.02. The number of imidazole rings is 1. The lowest BCUT2D eigenvalue weighted by Gasteiger charge is -2.36. The van der Waals surface area contributed by atoms with Crippen molar-refractivity contribution in [3.8, 4) is 23.2 Å². The number of rotatable bonds is 10. The zero-order valence-electron chi connectivity index (χ0n) is 25.0. The summed E-state index contributed by atoms with van der Waals surface area (Å²) in [4.78, 5) is 41.4. The lowest BCUT2D eigenvalue weighted by atomic mass is 10.0. The van der Waals surface area contributed by atoms with E-state index in [4.69, 9.17) is 15.0 Å². The van der Waals surface area contributed by atoms with Crippen molar-refractivity contribution < 1.29 is 14.6 Å². The van der Waals surface area contributed by atoms with Crippen LogP contribution in [0.3, 0.4) is 0 Å². The lowest BCUT2D eigenvalue weighted by molar-refractivity contribution is 0.0599.